The fraction of sp³-hybridized carbons (Fsp3) is 0.429. The lowest BCUT2D eigenvalue weighted by Crippen LogP contribution is -2.23. The van der Waals surface area contributed by atoms with E-state index >= 15 is 0 Å². The number of thiophene rings is 2. The molecule has 3 heterocycles. The lowest BCUT2D eigenvalue weighted by Gasteiger charge is -2.05. The summed E-state index contributed by atoms with van der Waals surface area (Å²) in [7, 11) is 0. The minimum atomic E-state index is 0.555. The van der Waals surface area contributed by atoms with E-state index in [1.54, 1.807) is 22.7 Å². The molecule has 0 bridgehead atoms. The van der Waals surface area contributed by atoms with Crippen LogP contribution >= 0.6 is 34.0 Å². The number of aryl methyl sites for hydroxylation is 1. The number of nitrogens with zero attached hydrogens (tertiary/aromatic N) is 2. The maximum atomic E-state index is 4.34. The highest BCUT2D eigenvalue weighted by Gasteiger charge is 2.10. The molecule has 6 heteroatoms. The molecule has 3 aromatic heterocycles. The minimum Gasteiger partial charge on any atom is -0.315 e. The van der Waals surface area contributed by atoms with E-state index in [1.807, 2.05) is 11.3 Å². The van der Waals surface area contributed by atoms with Crippen molar-refractivity contribution in [2.45, 2.75) is 32.7 Å². The van der Waals surface area contributed by atoms with Gasteiger partial charge < -0.3 is 5.32 Å². The van der Waals surface area contributed by atoms with Crippen LogP contribution in [0.1, 0.15) is 25.3 Å². The van der Waals surface area contributed by atoms with E-state index in [-0.39, 0.29) is 0 Å². The van der Waals surface area contributed by atoms with Crippen LogP contribution in [0.2, 0.25) is 0 Å². The van der Waals surface area contributed by atoms with Crippen molar-refractivity contribution in [2.24, 2.45) is 0 Å². The molecule has 0 aliphatic carbocycles. The zero-order chi connectivity index (χ0) is 13.9. The average Bonchev–Trinajstić information content (AvgIpc) is 3.08. The number of fused-ring (bicyclic) bond motifs is 1. The Morgan fingerprint density at radius 1 is 1.20 bits per heavy atom. The Morgan fingerprint density at radius 3 is 2.90 bits per heavy atom. The summed E-state index contributed by atoms with van der Waals surface area (Å²) in [6.45, 7) is 5.39. The van der Waals surface area contributed by atoms with Crippen LogP contribution in [-0.2, 0) is 6.42 Å². The molecule has 0 saturated heterocycles. The van der Waals surface area contributed by atoms with Gasteiger partial charge in [-0.25, -0.2) is 0 Å². The quantitative estimate of drug-likeness (QED) is 0.683. The van der Waals surface area contributed by atoms with Crippen LogP contribution < -0.4 is 5.32 Å². The van der Waals surface area contributed by atoms with E-state index in [0.717, 1.165) is 29.4 Å². The van der Waals surface area contributed by atoms with Gasteiger partial charge >= 0.3 is 0 Å². The summed E-state index contributed by atoms with van der Waals surface area (Å²) in [6, 6.07) is 4.96. The summed E-state index contributed by atoms with van der Waals surface area (Å²) in [6.07, 6.45) is 2.13. The Bertz CT molecular complexity index is 652. The van der Waals surface area contributed by atoms with Crippen LogP contribution in [0.4, 0.5) is 0 Å². The van der Waals surface area contributed by atoms with Crippen LogP contribution in [0.15, 0.2) is 17.5 Å². The third kappa shape index (κ3) is 3.25. The van der Waals surface area contributed by atoms with Crippen molar-refractivity contribution in [1.82, 2.24) is 15.5 Å². The summed E-state index contributed by atoms with van der Waals surface area (Å²) in [4.78, 5) is 1.25. The van der Waals surface area contributed by atoms with Gasteiger partial charge in [0.05, 0.1) is 4.88 Å². The summed E-state index contributed by atoms with van der Waals surface area (Å²) in [5, 5.41) is 16.4. The molecule has 106 valence electrons. The number of aromatic nitrogens is 2. The molecule has 3 nitrogen and oxygen atoms in total. The highest BCUT2D eigenvalue weighted by Crippen LogP contribution is 2.37. The fourth-order valence-corrected chi connectivity index (χ4v) is 4.99. The first-order valence-electron chi connectivity index (χ1n) is 6.75. The first-order chi connectivity index (χ1) is 9.72. The zero-order valence-electron chi connectivity index (χ0n) is 11.5. The number of nitrogens with one attached hydrogen (secondary N) is 1. The van der Waals surface area contributed by atoms with Crippen LogP contribution in [0, 0.1) is 0 Å². The Kier molecular flexibility index (Phi) is 4.45. The molecule has 0 radical (unpaired) electrons. The standard InChI is InChI=1S/C14H17N3S3/c1-9(2)15-6-3-4-13-16-17-14(20-13)12-8-11-10(19-12)5-7-18-11/h5,7-9,15H,3-4,6H2,1-2H3. The second kappa shape index (κ2) is 6.30. The largest absolute Gasteiger partial charge is 0.315 e. The SMILES string of the molecule is CC(C)NCCCc1nnc(-c2cc3sccc3s2)s1. The van der Waals surface area contributed by atoms with Gasteiger partial charge in [0.15, 0.2) is 5.01 Å². The smallest absolute Gasteiger partial charge is 0.157 e. The Balaban J connectivity index is 1.63. The zero-order valence-corrected chi connectivity index (χ0v) is 14.0. The molecule has 20 heavy (non-hydrogen) atoms. The van der Waals surface area contributed by atoms with Crippen molar-refractivity contribution < 1.29 is 0 Å². The van der Waals surface area contributed by atoms with Crippen molar-refractivity contribution in [3.8, 4) is 9.88 Å². The van der Waals surface area contributed by atoms with Gasteiger partial charge in [-0.15, -0.1) is 32.9 Å². The highest BCUT2D eigenvalue weighted by atomic mass is 32.1. The van der Waals surface area contributed by atoms with Gasteiger partial charge in [-0.3, -0.25) is 0 Å². The Labute approximate surface area is 130 Å². The predicted molar refractivity (Wildman–Crippen MR) is 90.1 cm³/mol. The van der Waals surface area contributed by atoms with Crippen molar-refractivity contribution in [1.29, 1.82) is 0 Å². The van der Waals surface area contributed by atoms with E-state index in [0.29, 0.717) is 6.04 Å². The molecule has 0 aliphatic rings. The molecular formula is C14H17N3S3. The highest BCUT2D eigenvalue weighted by molar-refractivity contribution is 7.30. The second-order valence-corrected chi connectivity index (χ2v) is 8.07. The van der Waals surface area contributed by atoms with Gasteiger partial charge in [-0.1, -0.05) is 25.2 Å². The number of hydrogen-bond donors (Lipinski definition) is 1. The lowest BCUT2D eigenvalue weighted by molar-refractivity contribution is 0.569. The molecule has 3 aromatic rings. The third-order valence-corrected chi connectivity index (χ3v) is 6.18. The molecule has 0 amide bonds. The molecule has 0 aromatic carbocycles. The van der Waals surface area contributed by atoms with E-state index in [9.17, 15) is 0 Å². The topological polar surface area (TPSA) is 37.8 Å². The van der Waals surface area contributed by atoms with Gasteiger partial charge in [-0.05, 0) is 30.5 Å². The average molecular weight is 324 g/mol. The first-order valence-corrected chi connectivity index (χ1v) is 9.27. The predicted octanol–water partition coefficient (Wildman–Crippen LogP) is 4.41. The number of rotatable bonds is 6. The van der Waals surface area contributed by atoms with Crippen molar-refractivity contribution in [3.05, 3.63) is 22.5 Å². The first kappa shape index (κ1) is 14.1. The van der Waals surface area contributed by atoms with Gasteiger partial charge in [-0.2, -0.15) is 0 Å². The van der Waals surface area contributed by atoms with E-state index in [4.69, 9.17) is 0 Å². The van der Waals surface area contributed by atoms with Gasteiger partial charge in [0.25, 0.3) is 0 Å². The molecule has 3 rings (SSSR count). The minimum absolute atomic E-state index is 0.555. The molecule has 0 atom stereocenters. The molecule has 1 N–H and O–H groups in total. The van der Waals surface area contributed by atoms with Gasteiger partial charge in [0.1, 0.15) is 5.01 Å². The van der Waals surface area contributed by atoms with Crippen LogP contribution in [0.25, 0.3) is 19.3 Å². The Morgan fingerprint density at radius 2 is 2.10 bits per heavy atom. The summed E-state index contributed by atoms with van der Waals surface area (Å²) < 4.78 is 2.70. The fourth-order valence-electron chi connectivity index (χ4n) is 1.96. The van der Waals surface area contributed by atoms with Gasteiger partial charge in [0, 0.05) is 21.9 Å². The van der Waals surface area contributed by atoms with E-state index < -0.39 is 0 Å². The van der Waals surface area contributed by atoms with Crippen molar-refractivity contribution in [2.75, 3.05) is 6.54 Å². The molecule has 0 spiro atoms. The van der Waals surface area contributed by atoms with Crippen LogP contribution in [0.3, 0.4) is 0 Å². The van der Waals surface area contributed by atoms with Gasteiger partial charge in [0.2, 0.25) is 0 Å². The van der Waals surface area contributed by atoms with Crippen LogP contribution in [0.5, 0.6) is 0 Å². The summed E-state index contributed by atoms with van der Waals surface area (Å²) in [5.41, 5.74) is 0. The molecule has 0 saturated carbocycles. The molecular weight excluding hydrogens is 306 g/mol. The maximum absolute atomic E-state index is 4.34. The van der Waals surface area contributed by atoms with Crippen molar-refractivity contribution in [3.63, 3.8) is 0 Å². The van der Waals surface area contributed by atoms with Crippen LogP contribution in [-0.4, -0.2) is 22.8 Å². The normalized spacial score (nSPS) is 11.8. The Hall–Kier alpha value is -0.820. The molecule has 0 fully saturated rings. The third-order valence-electron chi connectivity index (χ3n) is 2.94. The number of hydrogen-bond acceptors (Lipinski definition) is 6. The van der Waals surface area contributed by atoms with E-state index in [1.165, 1.54) is 14.3 Å². The lowest BCUT2D eigenvalue weighted by atomic mass is 10.3. The summed E-state index contributed by atoms with van der Waals surface area (Å²) in [5.74, 6) is 0. The van der Waals surface area contributed by atoms with Crippen molar-refractivity contribution >= 4 is 43.4 Å². The summed E-state index contributed by atoms with van der Waals surface area (Å²) >= 11 is 5.32. The molecule has 0 aliphatic heterocycles. The second-order valence-electron chi connectivity index (χ2n) is 4.97. The molecule has 0 unspecified atom stereocenters. The maximum Gasteiger partial charge on any atom is 0.157 e. The van der Waals surface area contributed by atoms with E-state index in [2.05, 4.69) is 46.9 Å². The monoisotopic (exact) mass is 323 g/mol.